The summed E-state index contributed by atoms with van der Waals surface area (Å²) in [7, 11) is 0. The van der Waals surface area contributed by atoms with E-state index in [4.69, 9.17) is 22.3 Å². The van der Waals surface area contributed by atoms with Crippen LogP contribution in [-0.4, -0.2) is 30.7 Å². The van der Waals surface area contributed by atoms with Gasteiger partial charge in [-0.05, 0) is 90.4 Å². The van der Waals surface area contributed by atoms with E-state index in [0.29, 0.717) is 41.6 Å². The van der Waals surface area contributed by atoms with Gasteiger partial charge >= 0.3 is 0 Å². The number of carbonyl (C=O) groups excluding carboxylic acids is 1. The van der Waals surface area contributed by atoms with Gasteiger partial charge in [-0.15, -0.1) is 0 Å². The fraction of sp³-hybridized carbons (Fsp3) is 0.257. The number of aliphatic hydroxyl groups is 1. The van der Waals surface area contributed by atoms with E-state index in [-0.39, 0.29) is 0 Å². The number of nitrogens with two attached hydrogens (primary N) is 1. The molecular weight excluding hydrogens is 530 g/mol. The first-order valence-electron chi connectivity index (χ1n) is 14.0. The highest BCUT2D eigenvalue weighted by Crippen LogP contribution is 2.31. The van der Waals surface area contributed by atoms with Crippen molar-refractivity contribution in [3.8, 4) is 0 Å². The minimum Gasteiger partial charge on any atom is -0.516 e. The van der Waals surface area contributed by atoms with E-state index in [0.717, 1.165) is 59.2 Å². The molecule has 41 heavy (non-hydrogen) atoms. The summed E-state index contributed by atoms with van der Waals surface area (Å²) in [6.45, 7) is 7.91. The van der Waals surface area contributed by atoms with Crippen LogP contribution >= 0.6 is 11.6 Å². The highest BCUT2D eigenvalue weighted by atomic mass is 35.5. The van der Waals surface area contributed by atoms with Gasteiger partial charge in [-0.3, -0.25) is 9.79 Å². The molecule has 5 nitrogen and oxygen atoms in total. The number of benzene rings is 2. The fourth-order valence-corrected chi connectivity index (χ4v) is 4.63. The monoisotopic (exact) mass is 569 g/mol. The van der Waals surface area contributed by atoms with Crippen molar-refractivity contribution >= 4 is 41.0 Å². The Morgan fingerprint density at radius 2 is 1.95 bits per heavy atom. The van der Waals surface area contributed by atoms with E-state index >= 15 is 0 Å². The number of carbonyl (C=O) groups is 1. The molecule has 1 aliphatic heterocycles. The van der Waals surface area contributed by atoms with Crippen molar-refractivity contribution in [2.45, 2.75) is 40.0 Å². The molecule has 0 saturated carbocycles. The number of anilines is 1. The summed E-state index contributed by atoms with van der Waals surface area (Å²) < 4.78 is 0. The van der Waals surface area contributed by atoms with E-state index in [9.17, 15) is 9.90 Å². The van der Waals surface area contributed by atoms with Crippen LogP contribution < -0.4 is 10.6 Å². The summed E-state index contributed by atoms with van der Waals surface area (Å²) in [5.74, 6) is 0.551. The molecule has 2 aromatic rings. The van der Waals surface area contributed by atoms with Gasteiger partial charge in [0, 0.05) is 42.0 Å². The number of fused-ring (bicyclic) bond motifs is 1. The van der Waals surface area contributed by atoms with E-state index in [1.165, 1.54) is 0 Å². The van der Waals surface area contributed by atoms with E-state index in [1.54, 1.807) is 6.08 Å². The van der Waals surface area contributed by atoms with Gasteiger partial charge in [0.15, 0.2) is 0 Å². The van der Waals surface area contributed by atoms with E-state index < -0.39 is 0 Å². The lowest BCUT2D eigenvalue weighted by Crippen LogP contribution is -2.26. The van der Waals surface area contributed by atoms with Gasteiger partial charge in [0.05, 0.1) is 17.6 Å². The van der Waals surface area contributed by atoms with Gasteiger partial charge in [0.25, 0.3) is 0 Å². The van der Waals surface area contributed by atoms with Gasteiger partial charge in [-0.2, -0.15) is 0 Å². The van der Waals surface area contributed by atoms with Gasteiger partial charge in [0.1, 0.15) is 6.29 Å². The predicted octanol–water partition coefficient (Wildman–Crippen LogP) is 8.93. The number of hydrogen-bond donors (Lipinski definition) is 2. The molecule has 0 amide bonds. The first kappa shape index (κ1) is 31.4. The molecule has 2 aromatic carbocycles. The Hall–Kier alpha value is -4.09. The highest BCUT2D eigenvalue weighted by Gasteiger charge is 2.13. The van der Waals surface area contributed by atoms with Crippen molar-refractivity contribution in [2.75, 3.05) is 18.0 Å². The Kier molecular flexibility index (Phi) is 12.5. The first-order valence-corrected chi connectivity index (χ1v) is 14.4. The Balaban J connectivity index is 1.89. The fourth-order valence-electron chi connectivity index (χ4n) is 4.50. The second-order valence-corrected chi connectivity index (χ2v) is 10.6. The van der Waals surface area contributed by atoms with Crippen molar-refractivity contribution in [3.05, 3.63) is 124 Å². The third-order valence-electron chi connectivity index (χ3n) is 6.82. The zero-order chi connectivity index (χ0) is 29.6. The lowest BCUT2D eigenvalue weighted by Gasteiger charge is -2.26. The maximum absolute atomic E-state index is 11.4. The van der Waals surface area contributed by atoms with Crippen molar-refractivity contribution < 1.29 is 9.90 Å². The van der Waals surface area contributed by atoms with Crippen molar-refractivity contribution in [2.24, 2.45) is 16.6 Å². The molecule has 214 valence electrons. The van der Waals surface area contributed by atoms with Crippen LogP contribution in [0.1, 0.15) is 56.0 Å². The lowest BCUT2D eigenvalue weighted by molar-refractivity contribution is 0.112. The Morgan fingerprint density at radius 3 is 2.63 bits per heavy atom. The number of allylic oxidation sites excluding steroid dienone is 8. The second-order valence-electron chi connectivity index (χ2n) is 10.2. The molecule has 0 spiro atoms. The third kappa shape index (κ3) is 9.51. The van der Waals surface area contributed by atoms with Crippen LogP contribution in [0, 0.1) is 5.92 Å². The smallest absolute Gasteiger partial charge is 0.150 e. The van der Waals surface area contributed by atoms with Crippen LogP contribution in [0.4, 0.5) is 11.4 Å². The summed E-state index contributed by atoms with van der Waals surface area (Å²) >= 11 is 6.11. The number of nitrogens with zero attached hydrogens (tertiary/aromatic N) is 2. The zero-order valence-corrected chi connectivity index (χ0v) is 24.9. The average molecular weight is 570 g/mol. The Morgan fingerprint density at radius 1 is 1.17 bits per heavy atom. The molecule has 6 heteroatoms. The molecule has 0 aromatic heterocycles. The van der Waals surface area contributed by atoms with Gasteiger partial charge in [0.2, 0.25) is 0 Å². The summed E-state index contributed by atoms with van der Waals surface area (Å²) in [5.41, 5.74) is 13.8. The number of rotatable bonds is 10. The Labute approximate surface area is 249 Å². The molecule has 1 aliphatic rings. The number of aldehydes is 1. The van der Waals surface area contributed by atoms with E-state index in [1.807, 2.05) is 61.7 Å². The number of aliphatic imine (C=N–C) groups is 1. The number of halogens is 1. The maximum Gasteiger partial charge on any atom is 0.150 e. The highest BCUT2D eigenvalue weighted by molar-refractivity contribution is 6.30. The topological polar surface area (TPSA) is 78.9 Å². The van der Waals surface area contributed by atoms with Crippen molar-refractivity contribution in [1.82, 2.24) is 0 Å². The molecular formula is C35H40ClN3O2. The molecule has 0 atom stereocenters. The minimum absolute atomic E-state index is 0.551. The second kappa shape index (κ2) is 16.2. The molecule has 0 aliphatic carbocycles. The molecule has 0 bridgehead atoms. The molecule has 0 fully saturated rings. The summed E-state index contributed by atoms with van der Waals surface area (Å²) in [6.07, 6.45) is 19.9. The van der Waals surface area contributed by atoms with Crippen LogP contribution in [0.15, 0.2) is 113 Å². The normalized spacial score (nSPS) is 17.7. The third-order valence-corrected chi connectivity index (χ3v) is 7.08. The van der Waals surface area contributed by atoms with Gasteiger partial charge < -0.3 is 15.7 Å². The van der Waals surface area contributed by atoms with Crippen LogP contribution in [0.25, 0.3) is 5.57 Å². The molecule has 1 heterocycles. The molecule has 0 saturated heterocycles. The van der Waals surface area contributed by atoms with Crippen molar-refractivity contribution in [1.29, 1.82) is 0 Å². The molecule has 3 rings (SSSR count). The summed E-state index contributed by atoms with van der Waals surface area (Å²) in [4.78, 5) is 18.4. The quantitative estimate of drug-likeness (QED) is 0.170. The first-order chi connectivity index (χ1) is 19.9. The largest absolute Gasteiger partial charge is 0.516 e. The Bertz CT molecular complexity index is 1390. The van der Waals surface area contributed by atoms with Gasteiger partial charge in [-0.1, -0.05) is 68.0 Å². The SMILES string of the molecule is C\C=C(C\C=C/C1=C/CC=Nc2cc(C=O)ccc2N(CCC(C)C)C/C=C\1N)/C(=C\C=C\O)c1ccc(Cl)cc1. The molecule has 0 unspecified atom stereocenters. The van der Waals surface area contributed by atoms with Crippen LogP contribution in [-0.2, 0) is 0 Å². The summed E-state index contributed by atoms with van der Waals surface area (Å²) in [5, 5.41) is 9.95. The van der Waals surface area contributed by atoms with E-state index in [2.05, 4.69) is 49.1 Å². The number of aliphatic hydroxyl groups excluding tert-OH is 1. The van der Waals surface area contributed by atoms with Gasteiger partial charge in [-0.25, -0.2) is 0 Å². The molecule has 0 radical (unpaired) electrons. The average Bonchev–Trinajstić information content (AvgIpc) is 3.00. The summed E-state index contributed by atoms with van der Waals surface area (Å²) in [6, 6.07) is 13.3. The standard InChI is InChI=1S/C35H40ClN3O2/c1-4-28(32(11-7-23-40)29-13-15-31(36)16-14-29)8-5-9-30-10-6-20-38-34-24-27(25-41)12-17-35(34)39(21-18-26(2)3)22-19-33(30)37/h4-5,7,9-17,19-20,23-26,40H,6,8,18,21-22,37H2,1-3H3/b9-5-,23-7+,28-4-,30-10-,32-11+,33-19+,38-20?. The van der Waals surface area contributed by atoms with Crippen LogP contribution in [0.3, 0.4) is 0 Å². The van der Waals surface area contributed by atoms with Crippen LogP contribution in [0.5, 0.6) is 0 Å². The number of hydrogen-bond acceptors (Lipinski definition) is 5. The predicted molar refractivity (Wildman–Crippen MR) is 175 cm³/mol. The lowest BCUT2D eigenvalue weighted by atomic mass is 9.94. The maximum atomic E-state index is 11.4. The van der Waals surface area contributed by atoms with Crippen molar-refractivity contribution in [3.63, 3.8) is 0 Å². The van der Waals surface area contributed by atoms with Crippen LogP contribution in [0.2, 0.25) is 5.02 Å². The zero-order valence-electron chi connectivity index (χ0n) is 24.1. The molecule has 3 N–H and O–H groups in total. The minimum atomic E-state index is 0.551.